The fourth-order valence-corrected chi connectivity index (χ4v) is 3.82. The predicted molar refractivity (Wildman–Crippen MR) is 106 cm³/mol. The van der Waals surface area contributed by atoms with Gasteiger partial charge in [-0.05, 0) is 43.4 Å². The van der Waals surface area contributed by atoms with Gasteiger partial charge in [0.05, 0.1) is 5.92 Å². The summed E-state index contributed by atoms with van der Waals surface area (Å²) in [6, 6.07) is 0. The highest BCUT2D eigenvalue weighted by molar-refractivity contribution is 6.01. The number of nitrogens with two attached hydrogens (primary N) is 1. The number of nitrogens with one attached hydrogen (secondary N) is 1. The first-order valence-electron chi connectivity index (χ1n) is 9.88. The van der Waals surface area contributed by atoms with Crippen LogP contribution in [0.3, 0.4) is 0 Å². The van der Waals surface area contributed by atoms with Gasteiger partial charge in [0, 0.05) is 6.54 Å². The van der Waals surface area contributed by atoms with Crippen LogP contribution in [-0.4, -0.2) is 27.9 Å². The first-order chi connectivity index (χ1) is 13.1. The second-order valence-electron chi connectivity index (χ2n) is 8.62. The molecule has 0 atom stereocenters. The highest BCUT2D eigenvalue weighted by atomic mass is 16.5. The third-order valence-electron chi connectivity index (χ3n) is 5.60. The minimum absolute atomic E-state index is 0.192. The number of nitrogen functional groups attached to an aromatic ring is 1. The average molecular weight is 393 g/mol. The number of anilines is 1. The van der Waals surface area contributed by atoms with Crippen molar-refractivity contribution in [2.24, 2.45) is 17.3 Å². The Balaban J connectivity index is 2.01. The highest BCUT2D eigenvalue weighted by Gasteiger charge is 2.33. The normalized spacial score (nSPS) is 20.0. The molecule has 156 valence electrons. The van der Waals surface area contributed by atoms with Gasteiger partial charge in [-0.3, -0.25) is 23.9 Å². The van der Waals surface area contributed by atoms with E-state index in [9.17, 15) is 19.2 Å². The van der Waals surface area contributed by atoms with Crippen molar-refractivity contribution in [3.8, 4) is 0 Å². The zero-order valence-corrected chi connectivity index (χ0v) is 17.2. The summed E-state index contributed by atoms with van der Waals surface area (Å²) in [6.45, 7) is 8.17. The molecule has 0 bridgehead atoms. The van der Waals surface area contributed by atoms with Crippen LogP contribution in [0.2, 0.25) is 0 Å². The van der Waals surface area contributed by atoms with Crippen LogP contribution in [0.25, 0.3) is 0 Å². The summed E-state index contributed by atoms with van der Waals surface area (Å²) in [5, 5.41) is 0. The molecule has 1 aliphatic carbocycles. The van der Waals surface area contributed by atoms with Crippen LogP contribution in [0.5, 0.6) is 0 Å². The van der Waals surface area contributed by atoms with E-state index in [1.807, 2.05) is 6.92 Å². The molecule has 8 heteroatoms. The SMILES string of the molecule is CCCn1c(N)c(C(=O)COC(=O)C2CCC(C(C)(C)C)CC2)c(=O)[nH]c1=O. The maximum Gasteiger partial charge on any atom is 0.329 e. The van der Waals surface area contributed by atoms with Crippen molar-refractivity contribution >= 4 is 17.6 Å². The fraction of sp³-hybridized carbons (Fsp3) is 0.700. The molecular weight excluding hydrogens is 362 g/mol. The number of carbonyl (C=O) groups is 2. The van der Waals surface area contributed by atoms with Crippen molar-refractivity contribution in [3.63, 3.8) is 0 Å². The van der Waals surface area contributed by atoms with Gasteiger partial charge in [0.2, 0.25) is 5.78 Å². The van der Waals surface area contributed by atoms with Gasteiger partial charge in [0.1, 0.15) is 11.4 Å². The van der Waals surface area contributed by atoms with Crippen LogP contribution in [0.4, 0.5) is 5.82 Å². The first kappa shape index (κ1) is 21.9. The number of aromatic amines is 1. The van der Waals surface area contributed by atoms with E-state index < -0.39 is 29.6 Å². The van der Waals surface area contributed by atoms with E-state index in [2.05, 4.69) is 25.8 Å². The van der Waals surface area contributed by atoms with E-state index in [1.165, 1.54) is 0 Å². The monoisotopic (exact) mass is 393 g/mol. The molecule has 0 unspecified atom stereocenters. The molecule has 3 N–H and O–H groups in total. The number of ketones is 1. The van der Waals surface area contributed by atoms with E-state index in [-0.39, 0.29) is 29.3 Å². The van der Waals surface area contributed by atoms with Gasteiger partial charge in [-0.2, -0.15) is 0 Å². The lowest BCUT2D eigenvalue weighted by Gasteiger charge is -2.36. The van der Waals surface area contributed by atoms with Crippen LogP contribution < -0.4 is 17.0 Å². The van der Waals surface area contributed by atoms with Gasteiger partial charge in [0.15, 0.2) is 6.61 Å². The molecule has 0 radical (unpaired) electrons. The standard InChI is InChI=1S/C20H31N3O5/c1-5-10-23-16(21)15(17(25)22-19(23)27)14(24)11-28-18(26)12-6-8-13(9-7-12)20(2,3)4/h12-13H,5-11,21H2,1-4H3,(H,22,25,27). The molecule has 0 aromatic carbocycles. The largest absolute Gasteiger partial charge is 0.457 e. The molecule has 28 heavy (non-hydrogen) atoms. The molecule has 1 aromatic heterocycles. The quantitative estimate of drug-likeness (QED) is 0.563. The van der Waals surface area contributed by atoms with E-state index in [0.29, 0.717) is 12.3 Å². The minimum Gasteiger partial charge on any atom is -0.457 e. The number of ether oxygens (including phenoxy) is 1. The number of esters is 1. The Morgan fingerprint density at radius 1 is 1.18 bits per heavy atom. The number of H-pyrrole nitrogens is 1. The molecule has 1 fully saturated rings. The number of nitrogens with zero attached hydrogens (tertiary/aromatic N) is 1. The first-order valence-corrected chi connectivity index (χ1v) is 9.88. The Kier molecular flexibility index (Phi) is 6.85. The van der Waals surface area contributed by atoms with Crippen LogP contribution in [-0.2, 0) is 16.1 Å². The summed E-state index contributed by atoms with van der Waals surface area (Å²) < 4.78 is 6.32. The second kappa shape index (κ2) is 8.75. The third kappa shape index (κ3) is 4.91. The van der Waals surface area contributed by atoms with Crippen molar-refractivity contribution in [1.82, 2.24) is 9.55 Å². The third-order valence-corrected chi connectivity index (χ3v) is 5.60. The summed E-state index contributed by atoms with van der Waals surface area (Å²) in [7, 11) is 0. The Bertz CT molecular complexity index is 839. The van der Waals surface area contributed by atoms with E-state index >= 15 is 0 Å². The molecule has 0 aliphatic heterocycles. The van der Waals surface area contributed by atoms with E-state index in [4.69, 9.17) is 10.5 Å². The minimum atomic E-state index is -0.860. The predicted octanol–water partition coefficient (Wildman–Crippen LogP) is 2.11. The van der Waals surface area contributed by atoms with Crippen LogP contribution >= 0.6 is 0 Å². The molecule has 0 spiro atoms. The van der Waals surface area contributed by atoms with Gasteiger partial charge in [0.25, 0.3) is 5.56 Å². The Labute approximate surface area is 164 Å². The molecule has 1 aliphatic rings. The maximum atomic E-state index is 12.4. The van der Waals surface area contributed by atoms with E-state index in [0.717, 1.165) is 30.3 Å². The van der Waals surface area contributed by atoms with Crippen molar-refractivity contribution in [2.75, 3.05) is 12.3 Å². The lowest BCUT2D eigenvalue weighted by molar-refractivity contribution is -0.149. The highest BCUT2D eigenvalue weighted by Crippen LogP contribution is 2.40. The molecule has 0 saturated heterocycles. The Hall–Kier alpha value is -2.38. The summed E-state index contributed by atoms with van der Waals surface area (Å²) >= 11 is 0. The number of rotatable bonds is 6. The Morgan fingerprint density at radius 3 is 2.32 bits per heavy atom. The van der Waals surface area contributed by atoms with Crippen molar-refractivity contribution in [2.45, 2.75) is 66.3 Å². The summed E-state index contributed by atoms with van der Waals surface area (Å²) in [4.78, 5) is 50.7. The number of hydrogen-bond acceptors (Lipinski definition) is 6. The fourth-order valence-electron chi connectivity index (χ4n) is 3.82. The van der Waals surface area contributed by atoms with E-state index in [1.54, 1.807) is 0 Å². The van der Waals surface area contributed by atoms with Crippen molar-refractivity contribution in [1.29, 1.82) is 0 Å². The van der Waals surface area contributed by atoms with Gasteiger partial charge >= 0.3 is 11.7 Å². The molecule has 2 rings (SSSR count). The lowest BCUT2D eigenvalue weighted by Crippen LogP contribution is -2.37. The molecule has 1 aromatic rings. The smallest absolute Gasteiger partial charge is 0.329 e. The topological polar surface area (TPSA) is 124 Å². The summed E-state index contributed by atoms with van der Waals surface area (Å²) in [6.07, 6.45) is 3.98. The summed E-state index contributed by atoms with van der Waals surface area (Å²) in [5.41, 5.74) is 4.22. The van der Waals surface area contributed by atoms with Crippen LogP contribution in [0.1, 0.15) is 70.2 Å². The van der Waals surface area contributed by atoms with Gasteiger partial charge < -0.3 is 10.5 Å². The van der Waals surface area contributed by atoms with Crippen LogP contribution in [0.15, 0.2) is 9.59 Å². The number of aromatic nitrogens is 2. The van der Waals surface area contributed by atoms with Gasteiger partial charge in [-0.25, -0.2) is 4.79 Å². The lowest BCUT2D eigenvalue weighted by atomic mass is 9.70. The molecular formula is C20H31N3O5. The number of carbonyl (C=O) groups excluding carboxylic acids is 2. The van der Waals surface area contributed by atoms with Gasteiger partial charge in [-0.1, -0.05) is 27.7 Å². The molecule has 1 heterocycles. The van der Waals surface area contributed by atoms with Crippen molar-refractivity contribution in [3.05, 3.63) is 26.4 Å². The molecule has 0 amide bonds. The second-order valence-corrected chi connectivity index (χ2v) is 8.62. The zero-order valence-electron chi connectivity index (χ0n) is 17.2. The Morgan fingerprint density at radius 2 is 1.79 bits per heavy atom. The zero-order chi connectivity index (χ0) is 21.1. The van der Waals surface area contributed by atoms with Crippen molar-refractivity contribution < 1.29 is 14.3 Å². The maximum absolute atomic E-state index is 12.4. The summed E-state index contributed by atoms with van der Waals surface area (Å²) in [5.74, 6) is -0.979. The number of Topliss-reactive ketones (excluding diaryl/α,β-unsaturated/α-hetero) is 1. The number of hydrogen-bond donors (Lipinski definition) is 2. The van der Waals surface area contributed by atoms with Gasteiger partial charge in [-0.15, -0.1) is 0 Å². The average Bonchev–Trinajstić information content (AvgIpc) is 2.62. The molecule has 1 saturated carbocycles. The van der Waals surface area contributed by atoms with Crippen LogP contribution in [0, 0.1) is 17.3 Å². The molecule has 8 nitrogen and oxygen atoms in total.